The predicted octanol–water partition coefficient (Wildman–Crippen LogP) is 3.25. The third kappa shape index (κ3) is 3.40. The van der Waals surface area contributed by atoms with Crippen molar-refractivity contribution >= 4 is 0 Å². The highest BCUT2D eigenvalue weighted by Gasteiger charge is 2.16. The number of benzene rings is 2. The van der Waals surface area contributed by atoms with Crippen LogP contribution in [0.25, 0.3) is 0 Å². The molecule has 0 fully saturated rings. The largest absolute Gasteiger partial charge is 0.300 e. The fourth-order valence-electron chi connectivity index (χ4n) is 2.48. The lowest BCUT2D eigenvalue weighted by molar-refractivity contribution is 0.578. The van der Waals surface area contributed by atoms with Gasteiger partial charge in [0.05, 0.1) is 6.04 Å². The molecular formula is C18H20N4. The lowest BCUT2D eigenvalue weighted by atomic mass is 10.1. The van der Waals surface area contributed by atoms with Crippen molar-refractivity contribution in [3.8, 4) is 0 Å². The summed E-state index contributed by atoms with van der Waals surface area (Å²) in [7, 11) is 0. The molecule has 0 radical (unpaired) electrons. The number of hydrogen-bond donors (Lipinski definition) is 2. The molecule has 0 unspecified atom stereocenters. The molecule has 4 nitrogen and oxygen atoms in total. The van der Waals surface area contributed by atoms with Gasteiger partial charge in [0.1, 0.15) is 12.2 Å². The Morgan fingerprint density at radius 1 is 1.00 bits per heavy atom. The molecule has 4 heteroatoms. The topological polar surface area (TPSA) is 53.6 Å². The Bertz CT molecular complexity index is 675. The lowest BCUT2D eigenvalue weighted by Crippen LogP contribution is -2.23. The molecule has 1 heterocycles. The van der Waals surface area contributed by atoms with Gasteiger partial charge in [-0.1, -0.05) is 61.5 Å². The Labute approximate surface area is 130 Å². The fraction of sp³-hybridized carbons (Fsp3) is 0.222. The van der Waals surface area contributed by atoms with Crippen molar-refractivity contribution in [2.45, 2.75) is 25.9 Å². The maximum Gasteiger partial charge on any atom is 0.145 e. The summed E-state index contributed by atoms with van der Waals surface area (Å²) in [6.45, 7) is 2.95. The Morgan fingerprint density at radius 3 is 2.36 bits per heavy atom. The zero-order valence-electron chi connectivity index (χ0n) is 12.7. The molecule has 0 aliphatic heterocycles. The molecule has 1 atom stereocenters. The molecule has 0 amide bonds. The molecule has 0 aliphatic rings. The van der Waals surface area contributed by atoms with Gasteiger partial charge in [-0.25, -0.2) is 4.98 Å². The van der Waals surface area contributed by atoms with Gasteiger partial charge in [0.25, 0.3) is 0 Å². The van der Waals surface area contributed by atoms with Crippen LogP contribution in [0.4, 0.5) is 0 Å². The third-order valence-corrected chi connectivity index (χ3v) is 3.78. The number of aromatic amines is 1. The van der Waals surface area contributed by atoms with E-state index in [0.29, 0.717) is 0 Å². The van der Waals surface area contributed by atoms with Gasteiger partial charge >= 0.3 is 0 Å². The molecule has 0 aliphatic carbocycles. The minimum absolute atomic E-state index is 0.00884. The van der Waals surface area contributed by atoms with E-state index in [0.717, 1.165) is 18.8 Å². The van der Waals surface area contributed by atoms with Gasteiger partial charge in [0.15, 0.2) is 0 Å². The van der Waals surface area contributed by atoms with Crippen molar-refractivity contribution in [1.29, 1.82) is 0 Å². The minimum Gasteiger partial charge on any atom is -0.300 e. The van der Waals surface area contributed by atoms with Crippen LogP contribution in [0.15, 0.2) is 60.9 Å². The monoisotopic (exact) mass is 292 g/mol. The van der Waals surface area contributed by atoms with Crippen LogP contribution >= 0.6 is 0 Å². The van der Waals surface area contributed by atoms with Gasteiger partial charge < -0.3 is 0 Å². The van der Waals surface area contributed by atoms with Crippen LogP contribution < -0.4 is 5.32 Å². The number of nitrogens with one attached hydrogen (secondary N) is 2. The molecule has 22 heavy (non-hydrogen) atoms. The fourth-order valence-corrected chi connectivity index (χ4v) is 2.48. The highest BCUT2D eigenvalue weighted by Crippen LogP contribution is 2.19. The van der Waals surface area contributed by atoms with E-state index >= 15 is 0 Å². The van der Waals surface area contributed by atoms with E-state index in [-0.39, 0.29) is 6.04 Å². The Kier molecular flexibility index (Phi) is 4.61. The van der Waals surface area contributed by atoms with Gasteiger partial charge in [-0.2, -0.15) is 5.10 Å². The van der Waals surface area contributed by atoms with Crippen molar-refractivity contribution in [3.05, 3.63) is 83.4 Å². The third-order valence-electron chi connectivity index (χ3n) is 3.78. The number of aromatic nitrogens is 3. The first-order valence-electron chi connectivity index (χ1n) is 7.58. The maximum absolute atomic E-state index is 4.30. The number of aryl methyl sites for hydroxylation is 1. The van der Waals surface area contributed by atoms with Gasteiger partial charge in [0.2, 0.25) is 0 Å². The molecule has 1 aromatic heterocycles. The van der Waals surface area contributed by atoms with Gasteiger partial charge in [-0.05, 0) is 23.1 Å². The number of rotatable bonds is 6. The van der Waals surface area contributed by atoms with E-state index in [1.807, 2.05) is 18.2 Å². The van der Waals surface area contributed by atoms with E-state index in [9.17, 15) is 0 Å². The number of H-pyrrole nitrogens is 1. The van der Waals surface area contributed by atoms with Crippen LogP contribution in [0, 0.1) is 0 Å². The maximum atomic E-state index is 4.30. The summed E-state index contributed by atoms with van der Waals surface area (Å²) in [6.07, 6.45) is 2.61. The quantitative estimate of drug-likeness (QED) is 0.733. The minimum atomic E-state index is 0.00884. The zero-order valence-corrected chi connectivity index (χ0v) is 12.7. The summed E-state index contributed by atoms with van der Waals surface area (Å²) in [5, 5.41) is 10.5. The summed E-state index contributed by atoms with van der Waals surface area (Å²) in [4.78, 5) is 4.30. The lowest BCUT2D eigenvalue weighted by Gasteiger charge is -2.17. The molecule has 0 bridgehead atoms. The van der Waals surface area contributed by atoms with Crippen molar-refractivity contribution in [2.75, 3.05) is 0 Å². The molecule has 2 aromatic carbocycles. The Balaban J connectivity index is 1.76. The second kappa shape index (κ2) is 7.00. The summed E-state index contributed by atoms with van der Waals surface area (Å²) >= 11 is 0. The first-order valence-corrected chi connectivity index (χ1v) is 7.58. The van der Waals surface area contributed by atoms with Crippen LogP contribution in [-0.4, -0.2) is 15.2 Å². The number of nitrogens with zero attached hydrogens (tertiary/aromatic N) is 2. The van der Waals surface area contributed by atoms with E-state index in [4.69, 9.17) is 0 Å². The van der Waals surface area contributed by atoms with Crippen LogP contribution in [0.3, 0.4) is 0 Å². The van der Waals surface area contributed by atoms with Crippen LogP contribution in [-0.2, 0) is 13.0 Å². The van der Waals surface area contributed by atoms with E-state index in [2.05, 4.69) is 63.8 Å². The predicted molar refractivity (Wildman–Crippen MR) is 87.3 cm³/mol. The van der Waals surface area contributed by atoms with Crippen LogP contribution in [0.1, 0.15) is 35.5 Å². The zero-order chi connectivity index (χ0) is 15.2. The van der Waals surface area contributed by atoms with Crippen LogP contribution in [0.2, 0.25) is 0 Å². The van der Waals surface area contributed by atoms with Crippen molar-refractivity contribution < 1.29 is 0 Å². The smallest absolute Gasteiger partial charge is 0.145 e. The summed E-state index contributed by atoms with van der Waals surface area (Å²) < 4.78 is 0. The average molecular weight is 292 g/mol. The molecule has 2 N–H and O–H groups in total. The first-order chi connectivity index (χ1) is 10.9. The second-order valence-electron chi connectivity index (χ2n) is 5.27. The Hall–Kier alpha value is -2.46. The highest BCUT2D eigenvalue weighted by atomic mass is 15.2. The van der Waals surface area contributed by atoms with Gasteiger partial charge in [-0.3, -0.25) is 10.4 Å². The average Bonchev–Trinajstić information content (AvgIpc) is 3.11. The van der Waals surface area contributed by atoms with Crippen molar-refractivity contribution in [2.24, 2.45) is 0 Å². The van der Waals surface area contributed by atoms with E-state index in [1.54, 1.807) is 6.33 Å². The molecular weight excluding hydrogens is 272 g/mol. The van der Waals surface area contributed by atoms with Gasteiger partial charge in [-0.15, -0.1) is 0 Å². The van der Waals surface area contributed by atoms with Gasteiger partial charge in [0, 0.05) is 6.54 Å². The molecule has 3 rings (SSSR count). The van der Waals surface area contributed by atoms with Crippen LogP contribution in [0.5, 0.6) is 0 Å². The van der Waals surface area contributed by atoms with Crippen molar-refractivity contribution in [3.63, 3.8) is 0 Å². The molecule has 112 valence electrons. The molecule has 0 saturated carbocycles. The molecule has 3 aromatic rings. The highest BCUT2D eigenvalue weighted by molar-refractivity contribution is 5.26. The second-order valence-corrected chi connectivity index (χ2v) is 5.27. The number of hydrogen-bond acceptors (Lipinski definition) is 3. The molecule has 0 spiro atoms. The standard InChI is InChI=1S/C18H20N4/c1-2-14-8-10-15(11-9-14)12-19-17(18-20-13-21-22-18)16-6-4-3-5-7-16/h3-11,13,17,19H,2,12H2,1H3,(H,20,21,22)/t17-/m0/s1. The Morgan fingerprint density at radius 2 is 1.73 bits per heavy atom. The van der Waals surface area contributed by atoms with Crippen molar-refractivity contribution in [1.82, 2.24) is 20.5 Å². The van der Waals surface area contributed by atoms with E-state index < -0.39 is 0 Å². The SMILES string of the molecule is CCc1ccc(CN[C@@H](c2ccccc2)c2ncn[nH]2)cc1. The van der Waals surface area contributed by atoms with E-state index in [1.165, 1.54) is 16.7 Å². The normalized spacial score (nSPS) is 12.2. The molecule has 0 saturated heterocycles. The summed E-state index contributed by atoms with van der Waals surface area (Å²) in [5.41, 5.74) is 3.79. The summed E-state index contributed by atoms with van der Waals surface area (Å²) in [5.74, 6) is 0.830. The first kappa shape index (κ1) is 14.5. The summed E-state index contributed by atoms with van der Waals surface area (Å²) in [6, 6.07) is 19.0.